The van der Waals surface area contributed by atoms with Gasteiger partial charge in [-0.25, -0.2) is 8.42 Å². The zero-order valence-corrected chi connectivity index (χ0v) is 23.7. The Balaban J connectivity index is 2.05. The summed E-state index contributed by atoms with van der Waals surface area (Å²) in [7, 11) is -4.10. The molecule has 1 N–H and O–H groups in total. The lowest BCUT2D eigenvalue weighted by atomic mass is 10.1. The van der Waals surface area contributed by atoms with Crippen LogP contribution in [0.5, 0.6) is 0 Å². The van der Waals surface area contributed by atoms with Gasteiger partial charge in [-0.3, -0.25) is 13.9 Å². The van der Waals surface area contributed by atoms with Crippen molar-refractivity contribution < 1.29 is 18.0 Å². The summed E-state index contributed by atoms with van der Waals surface area (Å²) in [6.45, 7) is 7.33. The van der Waals surface area contributed by atoms with Crippen LogP contribution in [-0.2, 0) is 26.2 Å². The maximum atomic E-state index is 13.9. The number of hydrogen-bond acceptors (Lipinski definition) is 4. The Labute approximate surface area is 230 Å². The second kappa shape index (κ2) is 12.9. The van der Waals surface area contributed by atoms with Crippen molar-refractivity contribution >= 4 is 39.1 Å². The monoisotopic (exact) mass is 555 g/mol. The highest BCUT2D eigenvalue weighted by Gasteiger charge is 2.32. The van der Waals surface area contributed by atoms with E-state index < -0.39 is 28.5 Å². The minimum Gasteiger partial charge on any atom is -0.354 e. The summed E-state index contributed by atoms with van der Waals surface area (Å²) >= 11 is 6.39. The third-order valence-corrected chi connectivity index (χ3v) is 8.28. The number of sulfonamides is 1. The molecule has 3 aromatic rings. The van der Waals surface area contributed by atoms with Crippen molar-refractivity contribution in [2.75, 3.05) is 17.4 Å². The van der Waals surface area contributed by atoms with E-state index in [4.69, 9.17) is 11.6 Å². The highest BCUT2D eigenvalue weighted by molar-refractivity contribution is 7.92. The summed E-state index contributed by atoms with van der Waals surface area (Å²) in [5, 5.41) is 3.28. The van der Waals surface area contributed by atoms with Gasteiger partial charge >= 0.3 is 0 Å². The summed E-state index contributed by atoms with van der Waals surface area (Å²) in [5.74, 6) is -0.848. The minimum atomic E-state index is -4.10. The van der Waals surface area contributed by atoms with E-state index in [-0.39, 0.29) is 17.3 Å². The van der Waals surface area contributed by atoms with Crippen LogP contribution in [0.1, 0.15) is 37.0 Å². The Bertz CT molecular complexity index is 1360. The van der Waals surface area contributed by atoms with Gasteiger partial charge in [0.05, 0.1) is 10.6 Å². The molecule has 0 fully saturated rings. The van der Waals surface area contributed by atoms with Crippen LogP contribution in [0, 0.1) is 13.8 Å². The lowest BCUT2D eigenvalue weighted by Crippen LogP contribution is -2.51. The molecule has 0 radical (unpaired) electrons. The van der Waals surface area contributed by atoms with Crippen molar-refractivity contribution in [2.24, 2.45) is 0 Å². The molecule has 0 bridgehead atoms. The fourth-order valence-electron chi connectivity index (χ4n) is 4.13. The predicted molar refractivity (Wildman–Crippen MR) is 152 cm³/mol. The first-order valence-corrected chi connectivity index (χ1v) is 14.3. The number of anilines is 1. The maximum absolute atomic E-state index is 13.9. The van der Waals surface area contributed by atoms with Crippen LogP contribution in [-0.4, -0.2) is 44.3 Å². The number of carbonyl (C=O) groups is 2. The van der Waals surface area contributed by atoms with E-state index in [0.29, 0.717) is 22.8 Å². The quantitative estimate of drug-likeness (QED) is 0.357. The van der Waals surface area contributed by atoms with Crippen molar-refractivity contribution in [3.63, 3.8) is 0 Å². The van der Waals surface area contributed by atoms with Gasteiger partial charge in [-0.15, -0.1) is 0 Å². The van der Waals surface area contributed by atoms with Crippen LogP contribution in [0.2, 0.25) is 5.02 Å². The Morgan fingerprint density at radius 3 is 2.16 bits per heavy atom. The highest BCUT2D eigenvalue weighted by Crippen LogP contribution is 2.27. The van der Waals surface area contributed by atoms with Gasteiger partial charge in [0.2, 0.25) is 11.8 Å². The van der Waals surface area contributed by atoms with E-state index >= 15 is 0 Å². The molecule has 0 aliphatic rings. The molecule has 0 saturated heterocycles. The van der Waals surface area contributed by atoms with Crippen LogP contribution >= 0.6 is 11.6 Å². The number of nitrogens with one attached hydrogen (secondary N) is 1. The largest absolute Gasteiger partial charge is 0.354 e. The standard InChI is InChI=1S/C29H34ClN3O4S/c1-5-15-31-29(35)23(4)32(19-24-11-9-10-14-27(24)30)28(34)20-33(25-17-21(2)16-22(3)18-25)38(36,37)26-12-7-6-8-13-26/h6-14,16-18,23H,5,15,19-20H2,1-4H3,(H,31,35)/t23-/m1/s1. The Hall–Kier alpha value is -3.36. The molecule has 0 aliphatic carbocycles. The number of carbonyl (C=O) groups excluding carboxylic acids is 2. The van der Waals surface area contributed by atoms with Crippen LogP contribution in [0.15, 0.2) is 77.7 Å². The van der Waals surface area contributed by atoms with Gasteiger partial charge in [-0.2, -0.15) is 0 Å². The van der Waals surface area contributed by atoms with Gasteiger partial charge in [-0.05, 0) is 74.2 Å². The van der Waals surface area contributed by atoms with Crippen molar-refractivity contribution in [1.82, 2.24) is 10.2 Å². The molecular weight excluding hydrogens is 522 g/mol. The fraction of sp³-hybridized carbons (Fsp3) is 0.310. The summed E-state index contributed by atoms with van der Waals surface area (Å²) in [6.07, 6.45) is 0.743. The number of hydrogen-bond donors (Lipinski definition) is 1. The van der Waals surface area contributed by atoms with Gasteiger partial charge in [-0.1, -0.05) is 61.0 Å². The van der Waals surface area contributed by atoms with Crippen LogP contribution in [0.25, 0.3) is 0 Å². The number of halogens is 1. The predicted octanol–water partition coefficient (Wildman–Crippen LogP) is 5.10. The summed E-state index contributed by atoms with van der Waals surface area (Å²) < 4.78 is 28.8. The van der Waals surface area contributed by atoms with E-state index in [1.165, 1.54) is 17.0 Å². The molecule has 38 heavy (non-hydrogen) atoms. The molecule has 0 heterocycles. The van der Waals surface area contributed by atoms with Gasteiger partial charge in [0.1, 0.15) is 12.6 Å². The first kappa shape index (κ1) is 29.2. The molecule has 3 aromatic carbocycles. The Kier molecular flexibility index (Phi) is 9.94. The molecule has 0 spiro atoms. The van der Waals surface area contributed by atoms with Gasteiger partial charge in [0, 0.05) is 18.1 Å². The summed E-state index contributed by atoms with van der Waals surface area (Å²) in [5.41, 5.74) is 2.75. The van der Waals surface area contributed by atoms with Crippen molar-refractivity contribution in [3.8, 4) is 0 Å². The highest BCUT2D eigenvalue weighted by atomic mass is 35.5. The van der Waals surface area contributed by atoms with E-state index in [0.717, 1.165) is 21.9 Å². The second-order valence-electron chi connectivity index (χ2n) is 9.25. The fourth-order valence-corrected chi connectivity index (χ4v) is 5.75. The van der Waals surface area contributed by atoms with Gasteiger partial charge in [0.15, 0.2) is 0 Å². The topological polar surface area (TPSA) is 86.8 Å². The van der Waals surface area contributed by atoms with Crippen molar-refractivity contribution in [1.29, 1.82) is 0 Å². The van der Waals surface area contributed by atoms with Gasteiger partial charge < -0.3 is 10.2 Å². The third kappa shape index (κ3) is 7.14. The lowest BCUT2D eigenvalue weighted by molar-refractivity contribution is -0.139. The maximum Gasteiger partial charge on any atom is 0.264 e. The average Bonchev–Trinajstić information content (AvgIpc) is 2.89. The first-order valence-electron chi connectivity index (χ1n) is 12.5. The van der Waals surface area contributed by atoms with Crippen LogP contribution < -0.4 is 9.62 Å². The molecule has 0 saturated carbocycles. The molecule has 1 atom stereocenters. The van der Waals surface area contributed by atoms with Crippen molar-refractivity contribution in [3.05, 3.63) is 94.5 Å². The Morgan fingerprint density at radius 2 is 1.55 bits per heavy atom. The molecule has 202 valence electrons. The zero-order valence-electron chi connectivity index (χ0n) is 22.1. The number of benzene rings is 3. The van der Waals surface area contributed by atoms with E-state index in [9.17, 15) is 18.0 Å². The Morgan fingerprint density at radius 1 is 0.947 bits per heavy atom. The molecular formula is C29H34ClN3O4S. The minimum absolute atomic E-state index is 0.0469. The molecule has 7 nitrogen and oxygen atoms in total. The third-order valence-electron chi connectivity index (χ3n) is 6.12. The summed E-state index contributed by atoms with van der Waals surface area (Å²) in [6, 6.07) is 19.6. The number of nitrogens with zero attached hydrogens (tertiary/aromatic N) is 2. The lowest BCUT2D eigenvalue weighted by Gasteiger charge is -2.32. The van der Waals surface area contributed by atoms with Crippen LogP contribution in [0.3, 0.4) is 0 Å². The average molecular weight is 556 g/mol. The van der Waals surface area contributed by atoms with E-state index in [1.807, 2.05) is 26.8 Å². The normalized spacial score (nSPS) is 12.0. The van der Waals surface area contributed by atoms with Crippen LogP contribution in [0.4, 0.5) is 5.69 Å². The molecule has 0 aliphatic heterocycles. The second-order valence-corrected chi connectivity index (χ2v) is 11.5. The van der Waals surface area contributed by atoms with E-state index in [2.05, 4.69) is 5.32 Å². The smallest absolute Gasteiger partial charge is 0.264 e. The molecule has 0 aromatic heterocycles. The molecule has 3 rings (SSSR count). The SMILES string of the molecule is CCCNC(=O)[C@@H](C)N(Cc1ccccc1Cl)C(=O)CN(c1cc(C)cc(C)c1)S(=O)(=O)c1ccccc1. The zero-order chi connectivity index (χ0) is 27.9. The van der Waals surface area contributed by atoms with E-state index in [1.54, 1.807) is 61.5 Å². The molecule has 0 unspecified atom stereocenters. The number of aryl methyl sites for hydroxylation is 2. The molecule has 2 amide bonds. The van der Waals surface area contributed by atoms with Crippen molar-refractivity contribution in [2.45, 2.75) is 51.6 Å². The van der Waals surface area contributed by atoms with Gasteiger partial charge in [0.25, 0.3) is 10.0 Å². The number of rotatable bonds is 11. The molecule has 9 heteroatoms. The summed E-state index contributed by atoms with van der Waals surface area (Å²) in [4.78, 5) is 28.3. The number of amides is 2. The first-order chi connectivity index (χ1) is 18.0.